The Morgan fingerprint density at radius 3 is 1.98 bits per heavy atom. The van der Waals surface area contributed by atoms with E-state index in [0.717, 1.165) is 55.3 Å². The Morgan fingerprint density at radius 1 is 0.754 bits per heavy atom. The average Bonchev–Trinajstić information content (AvgIpc) is 3.23. The number of piperazine rings is 1. The van der Waals surface area contributed by atoms with Gasteiger partial charge in [0.1, 0.15) is 6.04 Å². The Bertz CT molecular complexity index is 1680. The molecule has 3 aromatic rings. The molecule has 1 saturated carbocycles. The second kappa shape index (κ2) is 25.7. The molecule has 0 bridgehead atoms. The average molecular weight is 843 g/mol. The molecule has 0 radical (unpaired) electrons. The highest BCUT2D eigenvalue weighted by Crippen LogP contribution is 2.28. The van der Waals surface area contributed by atoms with E-state index in [2.05, 4.69) is 15.5 Å². The van der Waals surface area contributed by atoms with Crippen LogP contribution in [-0.4, -0.2) is 73.2 Å². The third-order valence-corrected chi connectivity index (χ3v) is 11.4. The van der Waals surface area contributed by atoms with Crippen molar-refractivity contribution in [3.05, 3.63) is 99.0 Å². The lowest BCUT2D eigenvalue weighted by atomic mass is 9.88. The molecule has 1 saturated heterocycles. The number of nitrogens with one attached hydrogen (secondary N) is 2. The molecule has 0 unspecified atom stereocenters. The van der Waals surface area contributed by atoms with E-state index in [1.54, 1.807) is 25.1 Å². The number of nitrogens with two attached hydrogens (primary N) is 1. The normalized spacial score (nSPS) is 15.8. The Labute approximate surface area is 355 Å². The van der Waals surface area contributed by atoms with E-state index in [1.807, 2.05) is 80.3 Å². The third-order valence-electron chi connectivity index (χ3n) is 10.4. The van der Waals surface area contributed by atoms with Crippen LogP contribution in [0.2, 0.25) is 15.1 Å². The largest absolute Gasteiger partial charge is 0.368 e. The Hall–Kier alpha value is -3.63. The first-order valence-electron chi connectivity index (χ1n) is 20.5. The summed E-state index contributed by atoms with van der Waals surface area (Å²) in [4.78, 5) is 54.4. The van der Waals surface area contributed by atoms with Crippen molar-refractivity contribution in [2.45, 2.75) is 104 Å². The van der Waals surface area contributed by atoms with Crippen LogP contribution in [0.25, 0.3) is 0 Å². The van der Waals surface area contributed by atoms with Crippen LogP contribution in [0.3, 0.4) is 0 Å². The minimum Gasteiger partial charge on any atom is -0.368 e. The van der Waals surface area contributed by atoms with Gasteiger partial charge in [0.15, 0.2) is 5.78 Å². The minimum absolute atomic E-state index is 0.0520. The smallest absolute Gasteiger partial charge is 0.245 e. The predicted octanol–water partition coefficient (Wildman–Crippen LogP) is 8.70. The number of benzene rings is 3. The number of nitrogens with zero attached hydrogens (tertiary/aromatic N) is 2. The first kappa shape index (κ1) is 47.7. The molecule has 1 aliphatic heterocycles. The molecular formula is C45H62Cl3N5O4. The fourth-order valence-corrected chi connectivity index (χ4v) is 7.46. The maximum absolute atomic E-state index is 13.7. The van der Waals surface area contributed by atoms with Crippen molar-refractivity contribution in [3.63, 3.8) is 0 Å². The Balaban J connectivity index is 0.000000366. The zero-order valence-electron chi connectivity index (χ0n) is 34.1. The minimum atomic E-state index is -0.663. The van der Waals surface area contributed by atoms with Crippen molar-refractivity contribution in [2.75, 3.05) is 37.6 Å². The van der Waals surface area contributed by atoms with Crippen LogP contribution < -0.4 is 21.3 Å². The highest BCUT2D eigenvalue weighted by Gasteiger charge is 2.30. The van der Waals surface area contributed by atoms with Gasteiger partial charge in [-0.05, 0) is 93.5 Å². The molecule has 57 heavy (non-hydrogen) atoms. The summed E-state index contributed by atoms with van der Waals surface area (Å²) < 4.78 is 0. The summed E-state index contributed by atoms with van der Waals surface area (Å²) in [7, 11) is 0. The van der Waals surface area contributed by atoms with E-state index in [1.165, 1.54) is 6.42 Å². The number of rotatable bonds is 15. The van der Waals surface area contributed by atoms with Gasteiger partial charge in [-0.25, -0.2) is 0 Å². The quantitative estimate of drug-likeness (QED) is 0.132. The summed E-state index contributed by atoms with van der Waals surface area (Å²) in [6.45, 7) is 10.5. The molecule has 312 valence electrons. The van der Waals surface area contributed by atoms with Gasteiger partial charge in [-0.15, -0.1) is 0 Å². The van der Waals surface area contributed by atoms with Crippen molar-refractivity contribution in [3.8, 4) is 0 Å². The monoisotopic (exact) mass is 841 g/mol. The summed E-state index contributed by atoms with van der Waals surface area (Å²) >= 11 is 18.3. The van der Waals surface area contributed by atoms with Gasteiger partial charge in [0.05, 0.1) is 16.1 Å². The number of ketones is 1. The molecule has 3 amide bonds. The van der Waals surface area contributed by atoms with E-state index in [9.17, 15) is 19.2 Å². The zero-order valence-corrected chi connectivity index (χ0v) is 36.4. The highest BCUT2D eigenvalue weighted by atomic mass is 35.5. The predicted molar refractivity (Wildman–Crippen MR) is 235 cm³/mol. The fraction of sp³-hybridized carbons (Fsp3) is 0.511. The number of halogens is 3. The molecule has 1 aliphatic carbocycles. The number of anilines is 1. The van der Waals surface area contributed by atoms with Crippen molar-refractivity contribution in [1.82, 2.24) is 15.5 Å². The van der Waals surface area contributed by atoms with Crippen molar-refractivity contribution in [1.29, 1.82) is 0 Å². The lowest BCUT2D eigenvalue weighted by Gasteiger charge is -2.38. The number of carbonyl (C=O) groups excluding carboxylic acids is 4. The zero-order chi connectivity index (χ0) is 41.7. The van der Waals surface area contributed by atoms with Crippen LogP contribution >= 0.6 is 34.8 Å². The van der Waals surface area contributed by atoms with E-state index in [0.29, 0.717) is 67.1 Å². The molecular weight excluding hydrogens is 781 g/mol. The van der Waals surface area contributed by atoms with Gasteiger partial charge in [-0.3, -0.25) is 19.2 Å². The van der Waals surface area contributed by atoms with E-state index in [-0.39, 0.29) is 41.4 Å². The summed E-state index contributed by atoms with van der Waals surface area (Å²) in [6, 6.07) is 21.9. The molecule has 0 spiro atoms. The molecule has 2 aliphatic rings. The van der Waals surface area contributed by atoms with E-state index >= 15 is 0 Å². The maximum Gasteiger partial charge on any atom is 0.245 e. The van der Waals surface area contributed by atoms with Gasteiger partial charge in [0.25, 0.3) is 0 Å². The second-order valence-corrected chi connectivity index (χ2v) is 15.9. The molecule has 1 heterocycles. The van der Waals surface area contributed by atoms with Crippen LogP contribution in [0.4, 0.5) is 5.69 Å². The molecule has 5 rings (SSSR count). The van der Waals surface area contributed by atoms with E-state index in [4.69, 9.17) is 40.5 Å². The van der Waals surface area contributed by atoms with Crippen LogP contribution in [0.1, 0.15) is 90.2 Å². The standard InChI is InChI=1S/C29H30Cl3N3O2.C14H26N2O2.C2H6/c1-20(17-21-5-3-2-4-6-21)28(36)33-27(18-22-7-9-23(30)10-8-22)29(37)35-15-13-34(14-16-35)24-11-12-25(31)26(32)19-24;1-11(17)13(9-5-6-10-15)16-14(18)12-7-3-2-4-8-12;1-2/h2-12,19-20,27H,13-18H2,1H3,(H,33,36);12-13H,2-10,15H2,1H3,(H,16,18);1-2H3/t20-,27-;13-;/m11./s1. The number of unbranched alkanes of at least 4 members (excludes halogenated alkanes) is 1. The third kappa shape index (κ3) is 16.3. The van der Waals surface area contributed by atoms with Crippen LogP contribution in [0, 0.1) is 11.8 Å². The van der Waals surface area contributed by atoms with Gasteiger partial charge in [-0.2, -0.15) is 0 Å². The van der Waals surface area contributed by atoms with Gasteiger partial charge in [0, 0.05) is 55.1 Å². The van der Waals surface area contributed by atoms with Crippen LogP contribution in [-0.2, 0) is 32.0 Å². The summed E-state index contributed by atoms with van der Waals surface area (Å²) in [6.07, 6.45) is 8.96. The lowest BCUT2D eigenvalue weighted by molar-refractivity contribution is -0.137. The maximum atomic E-state index is 13.7. The number of Topliss-reactive ketones (excluding diaryl/α,β-unsaturated/α-hetero) is 1. The van der Waals surface area contributed by atoms with Gasteiger partial charge in [0.2, 0.25) is 17.7 Å². The molecule has 3 aromatic carbocycles. The summed E-state index contributed by atoms with van der Waals surface area (Å²) in [5, 5.41) is 7.61. The van der Waals surface area contributed by atoms with Crippen molar-refractivity contribution in [2.24, 2.45) is 17.6 Å². The molecule has 2 fully saturated rings. The number of hydrogen-bond donors (Lipinski definition) is 3. The van der Waals surface area contributed by atoms with Crippen LogP contribution in [0.5, 0.6) is 0 Å². The number of hydrogen-bond acceptors (Lipinski definition) is 6. The first-order chi connectivity index (χ1) is 27.4. The topological polar surface area (TPSA) is 125 Å². The van der Waals surface area contributed by atoms with Gasteiger partial charge in [-0.1, -0.05) is 117 Å². The number of amides is 3. The fourth-order valence-electron chi connectivity index (χ4n) is 7.04. The Kier molecular flexibility index (Phi) is 21.5. The molecule has 3 atom stereocenters. The molecule has 9 nitrogen and oxygen atoms in total. The SMILES string of the molecule is CC.CC(=O)[C@@H](CCCCN)NC(=O)C1CCCCC1.C[C@H](Cc1ccccc1)C(=O)N[C@H](Cc1ccc(Cl)cc1)C(=O)N1CCN(c2ccc(Cl)c(Cl)c2)CC1. The van der Waals surface area contributed by atoms with Gasteiger partial charge >= 0.3 is 0 Å². The summed E-state index contributed by atoms with van der Waals surface area (Å²) in [5.41, 5.74) is 8.44. The van der Waals surface area contributed by atoms with Crippen molar-refractivity contribution >= 4 is 64.0 Å². The summed E-state index contributed by atoms with van der Waals surface area (Å²) in [5.74, 6) is -0.238. The number of carbonyl (C=O) groups is 4. The molecule has 4 N–H and O–H groups in total. The molecule has 0 aromatic heterocycles. The van der Waals surface area contributed by atoms with Crippen molar-refractivity contribution < 1.29 is 19.2 Å². The highest BCUT2D eigenvalue weighted by molar-refractivity contribution is 6.42. The Morgan fingerprint density at radius 2 is 1.39 bits per heavy atom. The van der Waals surface area contributed by atoms with Gasteiger partial charge < -0.3 is 26.2 Å². The van der Waals surface area contributed by atoms with E-state index < -0.39 is 6.04 Å². The molecule has 12 heteroatoms. The van der Waals surface area contributed by atoms with Crippen LogP contribution in [0.15, 0.2) is 72.8 Å². The first-order valence-corrected chi connectivity index (χ1v) is 21.7. The second-order valence-electron chi connectivity index (χ2n) is 14.7. The lowest BCUT2D eigenvalue weighted by Crippen LogP contribution is -2.56.